The number of likely N-dealkylation sites (N-methyl/N-ethyl adjacent to an activating group) is 1. The van der Waals surface area contributed by atoms with Crippen LogP contribution < -0.4 is 10.5 Å². The van der Waals surface area contributed by atoms with Crippen LogP contribution in [0.15, 0.2) is 18.2 Å². The van der Waals surface area contributed by atoms with E-state index in [-0.39, 0.29) is 6.54 Å². The zero-order valence-electron chi connectivity index (χ0n) is 11.5. The molecule has 4 nitrogen and oxygen atoms in total. The molecule has 0 amide bonds. The van der Waals surface area contributed by atoms with Gasteiger partial charge in [-0.25, -0.2) is 0 Å². The van der Waals surface area contributed by atoms with Gasteiger partial charge in [0.05, 0.1) is 13.2 Å². The minimum absolute atomic E-state index is 0.288. The van der Waals surface area contributed by atoms with E-state index >= 15 is 0 Å². The van der Waals surface area contributed by atoms with Crippen LogP contribution in [0.4, 0.5) is 0 Å². The Morgan fingerprint density at radius 3 is 2.72 bits per heavy atom. The predicted molar refractivity (Wildman–Crippen MR) is 73.8 cm³/mol. The normalized spacial score (nSPS) is 12.8. The van der Waals surface area contributed by atoms with Gasteiger partial charge in [0.25, 0.3) is 0 Å². The first-order valence-corrected chi connectivity index (χ1v) is 6.33. The van der Waals surface area contributed by atoms with Crippen molar-refractivity contribution in [3.05, 3.63) is 29.3 Å². The predicted octanol–water partition coefficient (Wildman–Crippen LogP) is 1.01. The van der Waals surface area contributed by atoms with Crippen molar-refractivity contribution in [3.63, 3.8) is 0 Å². The van der Waals surface area contributed by atoms with Crippen LogP contribution in [0.1, 0.15) is 18.1 Å². The maximum absolute atomic E-state index is 9.54. The number of hydrogen-bond donors (Lipinski definition) is 2. The maximum atomic E-state index is 9.54. The molecule has 1 aromatic rings. The number of aliphatic hydroxyl groups is 1. The van der Waals surface area contributed by atoms with Crippen molar-refractivity contribution in [1.29, 1.82) is 0 Å². The molecule has 0 saturated heterocycles. The molecule has 0 saturated carbocycles. The lowest BCUT2D eigenvalue weighted by atomic mass is 10.1. The van der Waals surface area contributed by atoms with Gasteiger partial charge >= 0.3 is 0 Å². The van der Waals surface area contributed by atoms with E-state index in [1.54, 1.807) is 7.11 Å². The highest BCUT2D eigenvalue weighted by Gasteiger charge is 2.10. The fraction of sp³-hybridized carbons (Fsp3) is 0.571. The Labute approximate surface area is 109 Å². The van der Waals surface area contributed by atoms with Crippen LogP contribution in [-0.4, -0.2) is 43.4 Å². The molecule has 0 aliphatic rings. The minimum Gasteiger partial charge on any atom is -0.496 e. The van der Waals surface area contributed by atoms with Gasteiger partial charge in [-0.15, -0.1) is 0 Å². The summed E-state index contributed by atoms with van der Waals surface area (Å²) >= 11 is 0. The molecule has 1 rings (SSSR count). The highest BCUT2D eigenvalue weighted by atomic mass is 16.5. The lowest BCUT2D eigenvalue weighted by molar-refractivity contribution is 0.129. The fourth-order valence-corrected chi connectivity index (χ4v) is 1.97. The molecule has 1 atom stereocenters. The van der Waals surface area contributed by atoms with E-state index in [1.165, 1.54) is 5.56 Å². The molecule has 0 radical (unpaired) electrons. The summed E-state index contributed by atoms with van der Waals surface area (Å²) in [5, 5.41) is 9.54. The van der Waals surface area contributed by atoms with Crippen LogP contribution in [0.25, 0.3) is 0 Å². The second-order valence-electron chi connectivity index (χ2n) is 4.59. The molecule has 18 heavy (non-hydrogen) atoms. The number of hydrogen-bond acceptors (Lipinski definition) is 4. The lowest BCUT2D eigenvalue weighted by Crippen LogP contribution is -2.33. The van der Waals surface area contributed by atoms with E-state index in [2.05, 4.69) is 24.0 Å². The molecule has 0 aliphatic carbocycles. The average Bonchev–Trinajstić information content (AvgIpc) is 2.38. The van der Waals surface area contributed by atoms with Crippen molar-refractivity contribution >= 4 is 0 Å². The van der Waals surface area contributed by atoms with Crippen LogP contribution in [0.3, 0.4) is 0 Å². The zero-order chi connectivity index (χ0) is 13.5. The molecule has 0 fully saturated rings. The van der Waals surface area contributed by atoms with Gasteiger partial charge in [0, 0.05) is 25.2 Å². The summed E-state index contributed by atoms with van der Waals surface area (Å²) in [4.78, 5) is 2.05. The third kappa shape index (κ3) is 4.29. The summed E-state index contributed by atoms with van der Waals surface area (Å²) in [6.07, 6.45) is 0.530. The highest BCUT2D eigenvalue weighted by Crippen LogP contribution is 2.21. The second-order valence-corrected chi connectivity index (χ2v) is 4.59. The van der Waals surface area contributed by atoms with Crippen LogP contribution in [0.2, 0.25) is 0 Å². The van der Waals surface area contributed by atoms with Gasteiger partial charge in [-0.3, -0.25) is 4.90 Å². The van der Waals surface area contributed by atoms with E-state index in [9.17, 15) is 5.11 Å². The van der Waals surface area contributed by atoms with E-state index in [4.69, 9.17) is 10.5 Å². The quantitative estimate of drug-likeness (QED) is 0.760. The van der Waals surface area contributed by atoms with Crippen LogP contribution >= 0.6 is 0 Å². The first-order valence-electron chi connectivity index (χ1n) is 6.33. The van der Waals surface area contributed by atoms with Gasteiger partial charge in [-0.1, -0.05) is 19.1 Å². The molecular formula is C14H24N2O2. The summed E-state index contributed by atoms with van der Waals surface area (Å²) < 4.78 is 5.36. The Bertz CT molecular complexity index is 369. The van der Waals surface area contributed by atoms with Gasteiger partial charge in [0.1, 0.15) is 5.75 Å². The number of nitrogens with zero attached hydrogens (tertiary/aromatic N) is 1. The Balaban J connectivity index is 2.75. The molecule has 4 heteroatoms. The number of aliphatic hydroxyl groups excluding tert-OH is 1. The third-order valence-electron chi connectivity index (χ3n) is 2.99. The minimum atomic E-state index is -0.477. The van der Waals surface area contributed by atoms with Crippen LogP contribution in [-0.2, 0) is 13.0 Å². The Kier molecular flexibility index (Phi) is 6.12. The Hall–Kier alpha value is -1.10. The van der Waals surface area contributed by atoms with Gasteiger partial charge in [-0.2, -0.15) is 0 Å². The van der Waals surface area contributed by atoms with Crippen molar-refractivity contribution in [2.45, 2.75) is 26.0 Å². The first kappa shape index (κ1) is 15.0. The van der Waals surface area contributed by atoms with Crippen molar-refractivity contribution in [3.8, 4) is 5.75 Å². The van der Waals surface area contributed by atoms with E-state index < -0.39 is 6.10 Å². The third-order valence-corrected chi connectivity index (χ3v) is 2.99. The smallest absolute Gasteiger partial charge is 0.123 e. The summed E-state index contributed by atoms with van der Waals surface area (Å²) in [5.41, 5.74) is 7.85. The topological polar surface area (TPSA) is 58.7 Å². The molecule has 102 valence electrons. The van der Waals surface area contributed by atoms with Gasteiger partial charge < -0.3 is 15.6 Å². The molecule has 3 N–H and O–H groups in total. The summed E-state index contributed by atoms with van der Waals surface area (Å²) in [6, 6.07) is 6.24. The maximum Gasteiger partial charge on any atom is 0.123 e. The molecule has 1 unspecified atom stereocenters. The summed E-state index contributed by atoms with van der Waals surface area (Å²) in [6.45, 7) is 3.73. The van der Waals surface area contributed by atoms with E-state index in [0.717, 1.165) is 24.3 Å². The SMILES string of the molecule is CCc1ccc(OC)c(CN(C)CC(O)CN)c1. The highest BCUT2D eigenvalue weighted by molar-refractivity contribution is 5.37. The van der Waals surface area contributed by atoms with Crippen LogP contribution in [0, 0.1) is 0 Å². The van der Waals surface area contributed by atoms with E-state index in [1.807, 2.05) is 13.1 Å². The monoisotopic (exact) mass is 252 g/mol. The largest absolute Gasteiger partial charge is 0.496 e. The number of aryl methyl sites for hydroxylation is 1. The summed E-state index contributed by atoms with van der Waals surface area (Å²) in [7, 11) is 3.65. The number of nitrogens with two attached hydrogens (primary N) is 1. The van der Waals surface area contributed by atoms with Gasteiger partial charge in [0.2, 0.25) is 0 Å². The zero-order valence-corrected chi connectivity index (χ0v) is 11.5. The molecular weight excluding hydrogens is 228 g/mol. The number of methoxy groups -OCH3 is 1. The first-order chi connectivity index (χ1) is 8.60. The molecule has 0 aliphatic heterocycles. The molecule has 0 aromatic heterocycles. The number of rotatable bonds is 7. The summed E-state index contributed by atoms with van der Waals surface area (Å²) in [5.74, 6) is 0.890. The van der Waals surface area contributed by atoms with Crippen molar-refractivity contribution in [2.75, 3.05) is 27.2 Å². The standard InChI is InChI=1S/C14H24N2O2/c1-4-11-5-6-14(18-3)12(7-11)9-16(2)10-13(17)8-15/h5-7,13,17H,4,8-10,15H2,1-3H3. The van der Waals surface area contributed by atoms with Crippen molar-refractivity contribution < 1.29 is 9.84 Å². The van der Waals surface area contributed by atoms with Crippen LogP contribution in [0.5, 0.6) is 5.75 Å². The Morgan fingerprint density at radius 2 is 2.17 bits per heavy atom. The van der Waals surface area contributed by atoms with Crippen molar-refractivity contribution in [2.24, 2.45) is 5.73 Å². The molecule has 0 spiro atoms. The number of benzene rings is 1. The molecule has 1 aromatic carbocycles. The number of ether oxygens (including phenoxy) is 1. The fourth-order valence-electron chi connectivity index (χ4n) is 1.97. The van der Waals surface area contributed by atoms with Gasteiger partial charge in [0.15, 0.2) is 0 Å². The second kappa shape index (κ2) is 7.36. The molecule has 0 heterocycles. The van der Waals surface area contributed by atoms with E-state index in [0.29, 0.717) is 6.54 Å². The van der Waals surface area contributed by atoms with Gasteiger partial charge in [-0.05, 0) is 25.1 Å². The molecule has 0 bridgehead atoms. The average molecular weight is 252 g/mol. The lowest BCUT2D eigenvalue weighted by Gasteiger charge is -2.21. The Morgan fingerprint density at radius 1 is 1.44 bits per heavy atom. The van der Waals surface area contributed by atoms with Crippen molar-refractivity contribution in [1.82, 2.24) is 4.90 Å².